The monoisotopic (exact) mass is 421 g/mol. The van der Waals surface area contributed by atoms with Crippen molar-refractivity contribution in [2.24, 2.45) is 5.41 Å². The molecule has 0 amide bonds. The summed E-state index contributed by atoms with van der Waals surface area (Å²) in [4.78, 5) is 17.1. The second-order valence-electron chi connectivity index (χ2n) is 8.63. The first-order chi connectivity index (χ1) is 13.6. The van der Waals surface area contributed by atoms with Crippen molar-refractivity contribution in [3.8, 4) is 0 Å². The van der Waals surface area contributed by atoms with E-state index >= 15 is 0 Å². The third kappa shape index (κ3) is 3.62. The maximum absolute atomic E-state index is 6.16. The summed E-state index contributed by atoms with van der Waals surface area (Å²) in [5, 5.41) is 5.02. The van der Waals surface area contributed by atoms with E-state index in [9.17, 15) is 0 Å². The van der Waals surface area contributed by atoms with Gasteiger partial charge in [-0.15, -0.1) is 0 Å². The van der Waals surface area contributed by atoms with Gasteiger partial charge in [-0.05, 0) is 69.6 Å². The molecular formula is C20H28ClN5OS. The zero-order valence-corrected chi connectivity index (χ0v) is 18.0. The predicted octanol–water partition coefficient (Wildman–Crippen LogP) is 4.14. The van der Waals surface area contributed by atoms with E-state index in [4.69, 9.17) is 21.3 Å². The van der Waals surface area contributed by atoms with Crippen molar-refractivity contribution in [1.29, 1.82) is 0 Å². The minimum atomic E-state index is 0.303. The number of fused-ring (bicyclic) bond motifs is 1. The quantitative estimate of drug-likeness (QED) is 0.748. The third-order valence-electron chi connectivity index (χ3n) is 6.81. The lowest BCUT2D eigenvalue weighted by Crippen LogP contribution is -2.53. The van der Waals surface area contributed by atoms with Crippen LogP contribution in [0.15, 0.2) is 0 Å². The lowest BCUT2D eigenvalue weighted by atomic mass is 9.76. The molecule has 2 aliphatic heterocycles. The first-order valence-electron chi connectivity index (χ1n) is 10.6. The van der Waals surface area contributed by atoms with E-state index in [1.165, 1.54) is 51.6 Å². The van der Waals surface area contributed by atoms with Crippen LogP contribution in [0.4, 0.5) is 5.82 Å². The molecule has 6 nitrogen and oxygen atoms in total. The van der Waals surface area contributed by atoms with E-state index in [1.807, 2.05) is 0 Å². The summed E-state index contributed by atoms with van der Waals surface area (Å²) < 4.78 is 5.46. The lowest BCUT2D eigenvalue weighted by molar-refractivity contribution is -0.143. The molecule has 0 unspecified atom stereocenters. The molecule has 3 aliphatic rings. The van der Waals surface area contributed by atoms with Crippen LogP contribution in [0.2, 0.25) is 5.28 Å². The molecular weight excluding hydrogens is 394 g/mol. The number of anilines is 1. The average Bonchev–Trinajstić information content (AvgIpc) is 3.11. The molecule has 152 valence electrons. The summed E-state index contributed by atoms with van der Waals surface area (Å²) in [6.07, 6.45) is 8.37. The Labute approximate surface area is 175 Å². The Hall–Kier alpha value is -1.02. The zero-order valence-electron chi connectivity index (χ0n) is 16.4. The molecule has 3 fully saturated rings. The standard InChI is InChI=1S/C20H28ClN5OS/c1-2-15-23-16-17(24-19(21)25-18(16)28-15)22-13-3-5-14(6-4-13)26-9-7-20(8-10-26)11-27-12-20/h13-14H,2-12H2,1H3,(H,22,24,25)/t13-,14-. The highest BCUT2D eigenvalue weighted by molar-refractivity contribution is 7.18. The van der Waals surface area contributed by atoms with E-state index in [0.29, 0.717) is 16.7 Å². The first kappa shape index (κ1) is 19.0. The Morgan fingerprint density at radius 2 is 1.89 bits per heavy atom. The van der Waals surface area contributed by atoms with Crippen molar-refractivity contribution >= 4 is 39.1 Å². The second kappa shape index (κ2) is 7.67. The van der Waals surface area contributed by atoms with Gasteiger partial charge in [0.05, 0.1) is 18.2 Å². The summed E-state index contributed by atoms with van der Waals surface area (Å²) >= 11 is 7.77. The fourth-order valence-corrected chi connectivity index (χ4v) is 6.01. The van der Waals surface area contributed by atoms with Crippen molar-refractivity contribution in [1.82, 2.24) is 19.9 Å². The van der Waals surface area contributed by atoms with E-state index in [1.54, 1.807) is 11.3 Å². The number of hydrogen-bond donors (Lipinski definition) is 1. The maximum atomic E-state index is 6.16. The fraction of sp³-hybridized carbons (Fsp3) is 0.750. The number of aryl methyl sites for hydroxylation is 1. The Morgan fingerprint density at radius 3 is 2.54 bits per heavy atom. The van der Waals surface area contributed by atoms with Gasteiger partial charge in [0.25, 0.3) is 0 Å². The van der Waals surface area contributed by atoms with E-state index < -0.39 is 0 Å². The van der Waals surface area contributed by atoms with Crippen molar-refractivity contribution in [2.75, 3.05) is 31.6 Å². The molecule has 28 heavy (non-hydrogen) atoms. The summed E-state index contributed by atoms with van der Waals surface area (Å²) in [6.45, 7) is 6.58. The van der Waals surface area contributed by atoms with Gasteiger partial charge < -0.3 is 15.0 Å². The number of nitrogens with one attached hydrogen (secondary N) is 1. The zero-order chi connectivity index (χ0) is 19.1. The van der Waals surface area contributed by atoms with Crippen LogP contribution in [0.25, 0.3) is 10.3 Å². The Kier molecular flexibility index (Phi) is 5.20. The van der Waals surface area contributed by atoms with Crippen LogP contribution < -0.4 is 5.32 Å². The topological polar surface area (TPSA) is 63.2 Å². The number of halogens is 1. The summed E-state index contributed by atoms with van der Waals surface area (Å²) in [5.74, 6) is 0.805. The molecule has 0 atom stereocenters. The average molecular weight is 422 g/mol. The number of aromatic nitrogens is 3. The molecule has 1 aliphatic carbocycles. The minimum absolute atomic E-state index is 0.303. The highest BCUT2D eigenvalue weighted by Crippen LogP contribution is 2.40. The van der Waals surface area contributed by atoms with E-state index in [-0.39, 0.29) is 0 Å². The van der Waals surface area contributed by atoms with Gasteiger partial charge in [-0.25, -0.2) is 9.97 Å². The first-order valence-corrected chi connectivity index (χ1v) is 11.7. The highest BCUT2D eigenvalue weighted by Gasteiger charge is 2.42. The second-order valence-corrected chi connectivity index (χ2v) is 10.0. The van der Waals surface area contributed by atoms with Crippen LogP contribution in [0, 0.1) is 5.41 Å². The van der Waals surface area contributed by atoms with E-state index in [0.717, 1.165) is 46.8 Å². The highest BCUT2D eigenvalue weighted by atomic mass is 35.5. The lowest BCUT2D eigenvalue weighted by Gasteiger charge is -2.49. The Morgan fingerprint density at radius 1 is 1.14 bits per heavy atom. The number of likely N-dealkylation sites (tertiary alicyclic amines) is 1. The predicted molar refractivity (Wildman–Crippen MR) is 113 cm³/mol. The van der Waals surface area contributed by atoms with Crippen LogP contribution in [0.1, 0.15) is 50.5 Å². The molecule has 1 saturated carbocycles. The molecule has 2 aromatic heterocycles. The fourth-order valence-electron chi connectivity index (χ4n) is 4.91. The molecule has 4 heterocycles. The van der Waals surface area contributed by atoms with Crippen molar-refractivity contribution in [3.63, 3.8) is 0 Å². The van der Waals surface area contributed by atoms with Crippen LogP contribution in [-0.2, 0) is 11.2 Å². The Bertz CT molecular complexity index is 836. The van der Waals surface area contributed by atoms with Crippen molar-refractivity contribution in [2.45, 2.75) is 64.0 Å². The van der Waals surface area contributed by atoms with Crippen LogP contribution in [0.5, 0.6) is 0 Å². The number of nitrogens with zero attached hydrogens (tertiary/aromatic N) is 4. The Balaban J connectivity index is 1.20. The number of thiazole rings is 1. The van der Waals surface area contributed by atoms with Crippen LogP contribution >= 0.6 is 22.9 Å². The summed E-state index contributed by atoms with van der Waals surface area (Å²) in [6, 6.07) is 1.17. The minimum Gasteiger partial charge on any atom is -0.380 e. The molecule has 8 heteroatoms. The number of rotatable bonds is 4. The van der Waals surface area contributed by atoms with Crippen molar-refractivity contribution < 1.29 is 4.74 Å². The largest absolute Gasteiger partial charge is 0.380 e. The molecule has 0 bridgehead atoms. The molecule has 0 aromatic carbocycles. The summed E-state index contributed by atoms with van der Waals surface area (Å²) in [5.41, 5.74) is 1.40. The van der Waals surface area contributed by atoms with Gasteiger partial charge >= 0.3 is 0 Å². The number of ether oxygens (including phenoxy) is 1. The molecule has 1 N–H and O–H groups in total. The van der Waals surface area contributed by atoms with Gasteiger partial charge in [-0.2, -0.15) is 4.98 Å². The van der Waals surface area contributed by atoms with Gasteiger partial charge in [0, 0.05) is 17.5 Å². The molecule has 1 spiro atoms. The van der Waals surface area contributed by atoms with Crippen molar-refractivity contribution in [3.05, 3.63) is 10.3 Å². The maximum Gasteiger partial charge on any atom is 0.225 e. The summed E-state index contributed by atoms with van der Waals surface area (Å²) in [7, 11) is 0. The number of hydrogen-bond acceptors (Lipinski definition) is 7. The smallest absolute Gasteiger partial charge is 0.225 e. The van der Waals surface area contributed by atoms with Crippen LogP contribution in [0.3, 0.4) is 0 Å². The molecule has 0 radical (unpaired) electrons. The number of piperidine rings is 1. The molecule has 5 rings (SSSR count). The molecule has 2 aromatic rings. The van der Waals surface area contributed by atoms with Gasteiger partial charge in [-0.1, -0.05) is 18.3 Å². The van der Waals surface area contributed by atoms with Gasteiger partial charge in [0.15, 0.2) is 10.6 Å². The van der Waals surface area contributed by atoms with Gasteiger partial charge in [0.1, 0.15) is 5.52 Å². The van der Waals surface area contributed by atoms with Gasteiger partial charge in [-0.3, -0.25) is 0 Å². The molecule has 2 saturated heterocycles. The normalized spacial score (nSPS) is 27.8. The van der Waals surface area contributed by atoms with Crippen LogP contribution in [-0.4, -0.2) is 58.2 Å². The van der Waals surface area contributed by atoms with Gasteiger partial charge in [0.2, 0.25) is 5.28 Å². The SMILES string of the molecule is CCc1nc2c(N[C@H]3CC[C@H](N4CCC5(CC4)COC5)CC3)nc(Cl)nc2s1. The van der Waals surface area contributed by atoms with E-state index in [2.05, 4.69) is 27.1 Å². The third-order valence-corrected chi connectivity index (χ3v) is 8.07.